The third-order valence-corrected chi connectivity index (χ3v) is 4.84. The van der Waals surface area contributed by atoms with E-state index in [1.807, 2.05) is 21.1 Å². The predicted molar refractivity (Wildman–Crippen MR) is 117 cm³/mol. The van der Waals surface area contributed by atoms with Crippen LogP contribution in [0.4, 0.5) is 4.79 Å². The molecule has 3 N–H and O–H groups in total. The largest absolute Gasteiger partial charge is 0.481 e. The lowest BCUT2D eigenvalue weighted by atomic mass is 10.1. The third-order valence-electron chi connectivity index (χ3n) is 4.84. The van der Waals surface area contributed by atoms with E-state index in [-0.39, 0.29) is 18.5 Å². The number of likely N-dealkylation sites (N-methyl/N-ethyl adjacent to an activating group) is 1. The van der Waals surface area contributed by atoms with E-state index < -0.39 is 5.97 Å². The second kappa shape index (κ2) is 16.6. The number of nitrogens with zero attached hydrogens (tertiary/aromatic N) is 1. The number of carboxylic acid groups (broad SMARTS) is 1. The highest BCUT2D eigenvalue weighted by atomic mass is 16.4. The summed E-state index contributed by atoms with van der Waals surface area (Å²) in [5.74, 6) is -0.889. The molecule has 166 valence electrons. The molecule has 0 fully saturated rings. The zero-order valence-corrected chi connectivity index (χ0v) is 18.9. The Bertz CT molecular complexity index is 408. The van der Waals surface area contributed by atoms with Crippen LogP contribution in [0.2, 0.25) is 0 Å². The number of rotatable bonds is 18. The molecule has 6 heteroatoms. The summed E-state index contributed by atoms with van der Waals surface area (Å²) in [5, 5.41) is 14.7. The summed E-state index contributed by atoms with van der Waals surface area (Å²) in [4.78, 5) is 23.0. The summed E-state index contributed by atoms with van der Waals surface area (Å²) in [6, 6.07) is -0.623. The van der Waals surface area contributed by atoms with Crippen LogP contribution in [-0.4, -0.2) is 61.9 Å². The van der Waals surface area contributed by atoms with E-state index in [1.165, 1.54) is 64.2 Å². The standard InChI is InChI=1S/C22H45N3O3/c1-5-6-7-8-9-10-11-12-13-14-15-16-17-23-22(28)24-20(18-21(26)27)19-25(2,3)4/h20H,5-19H2,1-4H3,(H2-,23,24,26,27,28)/p+1/t20-/m1/s1. The van der Waals surface area contributed by atoms with Gasteiger partial charge in [0.25, 0.3) is 0 Å². The SMILES string of the molecule is CCCCCCCCCCCCCCNC(=O)N[C@H](CC(=O)O)C[N+](C)(C)C. The quantitative estimate of drug-likeness (QED) is 0.233. The number of carbonyl (C=O) groups is 2. The maximum Gasteiger partial charge on any atom is 0.315 e. The second-order valence-corrected chi connectivity index (χ2v) is 9.06. The van der Waals surface area contributed by atoms with E-state index in [0.717, 1.165) is 12.8 Å². The first-order chi connectivity index (χ1) is 13.2. The van der Waals surface area contributed by atoms with E-state index in [9.17, 15) is 9.59 Å². The van der Waals surface area contributed by atoms with E-state index >= 15 is 0 Å². The maximum absolute atomic E-state index is 12.0. The van der Waals surface area contributed by atoms with Crippen molar-refractivity contribution >= 4 is 12.0 Å². The maximum atomic E-state index is 12.0. The normalized spacial score (nSPS) is 12.6. The smallest absolute Gasteiger partial charge is 0.315 e. The lowest BCUT2D eigenvalue weighted by Crippen LogP contribution is -2.52. The molecule has 0 saturated carbocycles. The summed E-state index contributed by atoms with van der Waals surface area (Å²) < 4.78 is 0.608. The molecule has 0 unspecified atom stereocenters. The Morgan fingerprint density at radius 2 is 1.29 bits per heavy atom. The summed E-state index contributed by atoms with van der Waals surface area (Å²) in [6.07, 6.45) is 15.5. The topological polar surface area (TPSA) is 78.4 Å². The van der Waals surface area contributed by atoms with Crippen LogP contribution in [0.15, 0.2) is 0 Å². The van der Waals surface area contributed by atoms with E-state index in [0.29, 0.717) is 17.6 Å². The first kappa shape index (κ1) is 26.7. The van der Waals surface area contributed by atoms with E-state index in [1.54, 1.807) is 0 Å². The van der Waals surface area contributed by atoms with Crippen molar-refractivity contribution in [3.8, 4) is 0 Å². The van der Waals surface area contributed by atoms with Crippen molar-refractivity contribution in [2.45, 2.75) is 96.4 Å². The first-order valence-corrected chi connectivity index (χ1v) is 11.3. The lowest BCUT2D eigenvalue weighted by molar-refractivity contribution is -0.871. The minimum Gasteiger partial charge on any atom is -0.481 e. The summed E-state index contributed by atoms with van der Waals surface area (Å²) >= 11 is 0. The molecule has 0 radical (unpaired) electrons. The van der Waals surface area contributed by atoms with Gasteiger partial charge in [-0.05, 0) is 6.42 Å². The van der Waals surface area contributed by atoms with Crippen molar-refractivity contribution in [2.24, 2.45) is 0 Å². The molecule has 0 spiro atoms. The van der Waals surface area contributed by atoms with Crippen molar-refractivity contribution in [1.29, 1.82) is 0 Å². The van der Waals surface area contributed by atoms with Gasteiger partial charge in [-0.3, -0.25) is 4.79 Å². The molecule has 0 heterocycles. The van der Waals surface area contributed by atoms with Crippen LogP contribution in [0.3, 0.4) is 0 Å². The van der Waals surface area contributed by atoms with Gasteiger partial charge >= 0.3 is 12.0 Å². The lowest BCUT2D eigenvalue weighted by Gasteiger charge is -2.29. The van der Waals surface area contributed by atoms with Crippen LogP contribution in [0.5, 0.6) is 0 Å². The fraction of sp³-hybridized carbons (Fsp3) is 0.909. The van der Waals surface area contributed by atoms with Gasteiger partial charge in [0.2, 0.25) is 0 Å². The van der Waals surface area contributed by atoms with Crippen LogP contribution in [-0.2, 0) is 4.79 Å². The average molecular weight is 401 g/mol. The molecule has 0 saturated heterocycles. The van der Waals surface area contributed by atoms with Gasteiger partial charge in [-0.15, -0.1) is 0 Å². The molecular formula is C22H46N3O3+. The van der Waals surface area contributed by atoms with Gasteiger partial charge in [-0.2, -0.15) is 0 Å². The monoisotopic (exact) mass is 400 g/mol. The molecule has 0 aliphatic carbocycles. The number of urea groups is 1. The fourth-order valence-corrected chi connectivity index (χ4v) is 3.44. The van der Waals surface area contributed by atoms with Crippen LogP contribution in [0.25, 0.3) is 0 Å². The molecule has 0 bridgehead atoms. The minimum absolute atomic E-state index is 0.0540. The molecule has 28 heavy (non-hydrogen) atoms. The van der Waals surface area contributed by atoms with Crippen LogP contribution in [0, 0.1) is 0 Å². The Hall–Kier alpha value is -1.30. The molecule has 0 aliphatic rings. The first-order valence-electron chi connectivity index (χ1n) is 11.3. The number of carboxylic acids is 1. The fourth-order valence-electron chi connectivity index (χ4n) is 3.44. The van der Waals surface area contributed by atoms with Gasteiger partial charge in [0, 0.05) is 6.54 Å². The number of quaternary nitrogens is 1. The van der Waals surface area contributed by atoms with Crippen LogP contribution < -0.4 is 10.6 Å². The van der Waals surface area contributed by atoms with Crippen molar-refractivity contribution in [3.05, 3.63) is 0 Å². The van der Waals surface area contributed by atoms with Gasteiger partial charge < -0.3 is 20.2 Å². The predicted octanol–water partition coefficient (Wildman–Crippen LogP) is 4.54. The number of aliphatic carboxylic acids is 1. The Kier molecular flexibility index (Phi) is 15.9. The summed E-state index contributed by atoms with van der Waals surface area (Å²) in [5.41, 5.74) is 0. The number of hydrogen-bond acceptors (Lipinski definition) is 2. The van der Waals surface area contributed by atoms with Crippen LogP contribution in [0.1, 0.15) is 90.4 Å². The Labute approximate surface area is 173 Å². The van der Waals surface area contributed by atoms with Gasteiger partial charge in [-0.1, -0.05) is 77.6 Å². The molecule has 0 rings (SSSR count). The van der Waals surface area contributed by atoms with Crippen molar-refractivity contribution in [3.63, 3.8) is 0 Å². The highest BCUT2D eigenvalue weighted by molar-refractivity contribution is 5.75. The summed E-state index contributed by atoms with van der Waals surface area (Å²) in [7, 11) is 5.96. The zero-order valence-electron chi connectivity index (χ0n) is 18.9. The Morgan fingerprint density at radius 3 is 1.71 bits per heavy atom. The molecular weight excluding hydrogens is 354 g/mol. The number of unbranched alkanes of at least 4 members (excludes halogenated alkanes) is 11. The number of hydrogen-bond donors (Lipinski definition) is 3. The Balaban J connectivity index is 3.63. The summed E-state index contributed by atoms with van der Waals surface area (Å²) in [6.45, 7) is 3.48. The van der Waals surface area contributed by atoms with Gasteiger partial charge in [-0.25, -0.2) is 4.79 Å². The third kappa shape index (κ3) is 19.5. The Morgan fingerprint density at radius 1 is 0.821 bits per heavy atom. The van der Waals surface area contributed by atoms with E-state index in [2.05, 4.69) is 17.6 Å². The number of amides is 2. The van der Waals surface area contributed by atoms with Gasteiger partial charge in [0.15, 0.2) is 0 Å². The van der Waals surface area contributed by atoms with Crippen molar-refractivity contribution < 1.29 is 19.2 Å². The minimum atomic E-state index is -0.889. The van der Waals surface area contributed by atoms with E-state index in [4.69, 9.17) is 5.11 Å². The molecule has 0 aliphatic heterocycles. The second-order valence-electron chi connectivity index (χ2n) is 9.06. The van der Waals surface area contributed by atoms with Gasteiger partial charge in [0.05, 0.1) is 40.2 Å². The number of nitrogens with one attached hydrogen (secondary N) is 2. The highest BCUT2D eigenvalue weighted by Crippen LogP contribution is 2.11. The molecule has 0 aromatic rings. The van der Waals surface area contributed by atoms with Crippen LogP contribution >= 0.6 is 0 Å². The molecule has 6 nitrogen and oxygen atoms in total. The molecule has 0 aromatic heterocycles. The van der Waals surface area contributed by atoms with Crippen molar-refractivity contribution in [1.82, 2.24) is 10.6 Å². The highest BCUT2D eigenvalue weighted by Gasteiger charge is 2.22. The van der Waals surface area contributed by atoms with Crippen molar-refractivity contribution in [2.75, 3.05) is 34.2 Å². The molecule has 1 atom stereocenters. The average Bonchev–Trinajstić information content (AvgIpc) is 2.56. The molecule has 2 amide bonds. The zero-order chi connectivity index (χ0) is 21.3. The van der Waals surface area contributed by atoms with Gasteiger partial charge in [0.1, 0.15) is 0 Å². The molecule has 0 aromatic carbocycles. The number of carbonyl (C=O) groups excluding carboxylic acids is 1.